The second-order valence-electron chi connectivity index (χ2n) is 4.92. The molecule has 0 radical (unpaired) electrons. The summed E-state index contributed by atoms with van der Waals surface area (Å²) in [5.74, 6) is -0.0199. The molecule has 0 aliphatic carbocycles. The number of ketones is 1. The van der Waals surface area contributed by atoms with Crippen LogP contribution in [0.25, 0.3) is 0 Å². The van der Waals surface area contributed by atoms with Crippen LogP contribution in [0.5, 0.6) is 17.2 Å². The van der Waals surface area contributed by atoms with Crippen LogP contribution in [0.4, 0.5) is 0 Å². The van der Waals surface area contributed by atoms with Crippen molar-refractivity contribution >= 4 is 23.4 Å². The van der Waals surface area contributed by atoms with Gasteiger partial charge >= 0.3 is 5.97 Å². The summed E-state index contributed by atoms with van der Waals surface area (Å²) in [7, 11) is 4.34. The molecule has 0 atom stereocenters. The Labute approximate surface area is 150 Å². The predicted molar refractivity (Wildman–Crippen MR) is 92.2 cm³/mol. The predicted octanol–water partition coefficient (Wildman–Crippen LogP) is 3.41. The Hall–Kier alpha value is -2.73. The van der Waals surface area contributed by atoms with Gasteiger partial charge in [-0.15, -0.1) is 0 Å². The Morgan fingerprint density at radius 3 is 1.92 bits per heavy atom. The molecule has 0 saturated carbocycles. The normalized spacial score (nSPS) is 10.1. The lowest BCUT2D eigenvalue weighted by Crippen LogP contribution is -2.14. The zero-order chi connectivity index (χ0) is 18.4. The van der Waals surface area contributed by atoms with Crippen molar-refractivity contribution in [3.63, 3.8) is 0 Å². The van der Waals surface area contributed by atoms with Crippen molar-refractivity contribution in [3.8, 4) is 17.2 Å². The van der Waals surface area contributed by atoms with Crippen LogP contribution < -0.4 is 14.2 Å². The average Bonchev–Trinajstić information content (AvgIpc) is 2.64. The molecule has 2 aromatic rings. The molecule has 0 aliphatic heterocycles. The number of carbonyl (C=O) groups is 2. The van der Waals surface area contributed by atoms with E-state index in [1.807, 2.05) is 0 Å². The summed E-state index contributed by atoms with van der Waals surface area (Å²) in [5, 5.41) is 0.519. The molecule has 7 heteroatoms. The molecule has 25 heavy (non-hydrogen) atoms. The van der Waals surface area contributed by atoms with Gasteiger partial charge in [0.05, 0.1) is 26.9 Å². The van der Waals surface area contributed by atoms with Gasteiger partial charge in [-0.1, -0.05) is 11.6 Å². The van der Waals surface area contributed by atoms with Gasteiger partial charge < -0.3 is 18.9 Å². The Morgan fingerprint density at radius 2 is 1.44 bits per heavy atom. The van der Waals surface area contributed by atoms with Crippen LogP contribution in [0.15, 0.2) is 36.4 Å². The first kappa shape index (κ1) is 18.6. The fourth-order valence-electron chi connectivity index (χ4n) is 2.13. The minimum absolute atomic E-state index is 0.179. The van der Waals surface area contributed by atoms with Gasteiger partial charge in [-0.2, -0.15) is 0 Å². The molecule has 0 spiro atoms. The van der Waals surface area contributed by atoms with E-state index in [9.17, 15) is 9.59 Å². The van der Waals surface area contributed by atoms with Gasteiger partial charge in [0.15, 0.2) is 23.9 Å². The van der Waals surface area contributed by atoms with E-state index >= 15 is 0 Å². The first-order chi connectivity index (χ1) is 12.0. The molecule has 0 fully saturated rings. The number of methoxy groups -OCH3 is 3. The molecule has 0 bridgehead atoms. The number of hydrogen-bond acceptors (Lipinski definition) is 6. The zero-order valence-corrected chi connectivity index (χ0v) is 14.8. The number of esters is 1. The van der Waals surface area contributed by atoms with Gasteiger partial charge in [0.25, 0.3) is 0 Å². The van der Waals surface area contributed by atoms with Gasteiger partial charge in [0.1, 0.15) is 0 Å². The van der Waals surface area contributed by atoms with Crippen molar-refractivity contribution < 1.29 is 28.5 Å². The maximum Gasteiger partial charge on any atom is 0.338 e. The van der Waals surface area contributed by atoms with Gasteiger partial charge in [-0.05, 0) is 36.4 Å². The summed E-state index contributed by atoms with van der Waals surface area (Å²) in [5.41, 5.74) is 0.584. The summed E-state index contributed by atoms with van der Waals surface area (Å²) >= 11 is 5.78. The molecule has 0 aliphatic rings. The fourth-order valence-corrected chi connectivity index (χ4v) is 2.26. The molecule has 0 saturated heterocycles. The Morgan fingerprint density at radius 1 is 0.880 bits per heavy atom. The van der Waals surface area contributed by atoms with E-state index in [0.717, 1.165) is 0 Å². The summed E-state index contributed by atoms with van der Waals surface area (Å²) in [6, 6.07) is 9.23. The van der Waals surface area contributed by atoms with E-state index in [2.05, 4.69) is 0 Å². The van der Waals surface area contributed by atoms with Crippen LogP contribution in [-0.4, -0.2) is 39.7 Å². The van der Waals surface area contributed by atoms with Crippen molar-refractivity contribution in [3.05, 3.63) is 52.5 Å². The Bertz CT molecular complexity index is 745. The molecule has 6 nitrogen and oxygen atoms in total. The van der Waals surface area contributed by atoms with Gasteiger partial charge in [-0.3, -0.25) is 4.79 Å². The quantitative estimate of drug-likeness (QED) is 0.554. The van der Waals surface area contributed by atoms with Crippen LogP contribution in [0.2, 0.25) is 5.02 Å². The average molecular weight is 365 g/mol. The maximum absolute atomic E-state index is 12.2. The number of ether oxygens (including phenoxy) is 4. The van der Waals surface area contributed by atoms with Crippen molar-refractivity contribution in [2.75, 3.05) is 27.9 Å². The summed E-state index contributed by atoms with van der Waals surface area (Å²) in [6.45, 7) is -0.392. The monoisotopic (exact) mass is 364 g/mol. The third-order valence-corrected chi connectivity index (χ3v) is 3.65. The molecule has 132 valence electrons. The summed E-state index contributed by atoms with van der Waals surface area (Å²) < 4.78 is 20.6. The van der Waals surface area contributed by atoms with E-state index < -0.39 is 12.6 Å². The molecule has 0 amide bonds. The highest BCUT2D eigenvalue weighted by Gasteiger charge is 2.19. The second kappa shape index (κ2) is 8.39. The van der Waals surface area contributed by atoms with Gasteiger partial charge in [0.2, 0.25) is 5.75 Å². The fraction of sp³-hybridized carbons (Fsp3) is 0.222. The van der Waals surface area contributed by atoms with Crippen LogP contribution in [0.3, 0.4) is 0 Å². The van der Waals surface area contributed by atoms with E-state index in [1.54, 1.807) is 24.3 Å². The topological polar surface area (TPSA) is 71.1 Å². The SMILES string of the molecule is COc1cc(C(=O)OCC(=O)c2ccc(Cl)cc2)cc(OC)c1OC. The van der Waals surface area contributed by atoms with E-state index in [-0.39, 0.29) is 11.3 Å². The molecule has 0 heterocycles. The first-order valence-electron chi connectivity index (χ1n) is 7.26. The molecule has 0 unspecified atom stereocenters. The lowest BCUT2D eigenvalue weighted by molar-refractivity contribution is 0.0474. The molecular weight excluding hydrogens is 348 g/mol. The highest BCUT2D eigenvalue weighted by molar-refractivity contribution is 6.30. The van der Waals surface area contributed by atoms with E-state index in [4.69, 9.17) is 30.5 Å². The number of rotatable bonds is 7. The zero-order valence-electron chi connectivity index (χ0n) is 14.0. The highest BCUT2D eigenvalue weighted by Crippen LogP contribution is 2.38. The maximum atomic E-state index is 12.2. The Kier molecular flexibility index (Phi) is 6.25. The lowest BCUT2D eigenvalue weighted by Gasteiger charge is -2.13. The molecule has 0 aromatic heterocycles. The van der Waals surface area contributed by atoms with Crippen LogP contribution >= 0.6 is 11.6 Å². The minimum Gasteiger partial charge on any atom is -0.493 e. The van der Waals surface area contributed by atoms with Gasteiger partial charge in [-0.25, -0.2) is 4.79 Å². The second-order valence-corrected chi connectivity index (χ2v) is 5.36. The number of benzene rings is 2. The van der Waals surface area contributed by atoms with Crippen LogP contribution in [-0.2, 0) is 4.74 Å². The summed E-state index contributed by atoms with van der Waals surface area (Å²) in [4.78, 5) is 24.3. The van der Waals surface area contributed by atoms with E-state index in [0.29, 0.717) is 27.8 Å². The van der Waals surface area contributed by atoms with Crippen molar-refractivity contribution in [1.82, 2.24) is 0 Å². The largest absolute Gasteiger partial charge is 0.493 e. The molecule has 2 aromatic carbocycles. The lowest BCUT2D eigenvalue weighted by atomic mass is 10.1. The number of Topliss-reactive ketones (excluding diaryl/α,β-unsaturated/α-hetero) is 1. The van der Waals surface area contributed by atoms with Crippen LogP contribution in [0, 0.1) is 0 Å². The van der Waals surface area contributed by atoms with Crippen molar-refractivity contribution in [2.24, 2.45) is 0 Å². The van der Waals surface area contributed by atoms with Crippen molar-refractivity contribution in [2.45, 2.75) is 0 Å². The third-order valence-electron chi connectivity index (χ3n) is 3.40. The number of hydrogen-bond donors (Lipinski definition) is 0. The van der Waals surface area contributed by atoms with Crippen molar-refractivity contribution in [1.29, 1.82) is 0 Å². The number of halogens is 1. The standard InChI is InChI=1S/C18H17ClO6/c1-22-15-8-12(9-16(23-2)17(15)24-3)18(21)25-10-14(20)11-4-6-13(19)7-5-11/h4-9H,10H2,1-3H3. The Balaban J connectivity index is 2.12. The first-order valence-corrected chi connectivity index (χ1v) is 7.63. The number of carbonyl (C=O) groups excluding carboxylic acids is 2. The van der Waals surface area contributed by atoms with E-state index in [1.165, 1.54) is 33.5 Å². The summed E-state index contributed by atoms with van der Waals surface area (Å²) in [6.07, 6.45) is 0. The smallest absolute Gasteiger partial charge is 0.338 e. The minimum atomic E-state index is -0.679. The molecule has 2 rings (SSSR count). The van der Waals surface area contributed by atoms with Crippen LogP contribution in [0.1, 0.15) is 20.7 Å². The molecule has 0 N–H and O–H groups in total. The third kappa shape index (κ3) is 4.42. The highest BCUT2D eigenvalue weighted by atomic mass is 35.5. The van der Waals surface area contributed by atoms with Gasteiger partial charge in [0, 0.05) is 10.6 Å². The molecular formula is C18H17ClO6.